The second-order valence-corrected chi connectivity index (χ2v) is 6.44. The van der Waals surface area contributed by atoms with Crippen molar-refractivity contribution in [2.24, 2.45) is 5.92 Å². The highest BCUT2D eigenvalue weighted by molar-refractivity contribution is 7.13. The first-order valence-corrected chi connectivity index (χ1v) is 8.30. The summed E-state index contributed by atoms with van der Waals surface area (Å²) < 4.78 is 0. The topological polar surface area (TPSA) is 45.2 Å². The lowest BCUT2D eigenvalue weighted by atomic mass is 9.93. The Balaban J connectivity index is 1.46. The number of anilines is 1. The van der Waals surface area contributed by atoms with Gasteiger partial charge in [0.05, 0.1) is 0 Å². The SMILES string of the molecule is O=C(NC1CCN(c2nccs2)CC1)C1CC=CCC1. The summed E-state index contributed by atoms with van der Waals surface area (Å²) in [5.41, 5.74) is 0. The lowest BCUT2D eigenvalue weighted by Crippen LogP contribution is -2.46. The summed E-state index contributed by atoms with van der Waals surface area (Å²) in [7, 11) is 0. The third-order valence-electron chi connectivity index (χ3n) is 4.17. The fourth-order valence-electron chi connectivity index (χ4n) is 2.94. The van der Waals surface area contributed by atoms with Crippen LogP contribution in [0.4, 0.5) is 5.13 Å². The van der Waals surface area contributed by atoms with E-state index in [2.05, 4.69) is 27.4 Å². The summed E-state index contributed by atoms with van der Waals surface area (Å²) >= 11 is 1.69. The molecule has 2 aliphatic rings. The highest BCUT2D eigenvalue weighted by Crippen LogP contribution is 2.23. The molecule has 108 valence electrons. The average Bonchev–Trinajstić information content (AvgIpc) is 3.03. The Kier molecular flexibility index (Phi) is 4.35. The van der Waals surface area contributed by atoms with Crippen LogP contribution in [0.5, 0.6) is 0 Å². The quantitative estimate of drug-likeness (QED) is 0.871. The third kappa shape index (κ3) is 3.20. The number of hydrogen-bond acceptors (Lipinski definition) is 4. The minimum absolute atomic E-state index is 0.192. The average molecular weight is 291 g/mol. The summed E-state index contributed by atoms with van der Waals surface area (Å²) in [6, 6.07) is 0.338. The Bertz CT molecular complexity index is 463. The van der Waals surface area contributed by atoms with Crippen molar-refractivity contribution in [3.8, 4) is 0 Å². The molecule has 1 aliphatic carbocycles. The van der Waals surface area contributed by atoms with Crippen LogP contribution in [0.1, 0.15) is 32.1 Å². The second kappa shape index (κ2) is 6.39. The first-order valence-electron chi connectivity index (χ1n) is 7.43. The number of nitrogens with zero attached hydrogens (tertiary/aromatic N) is 2. The first-order chi connectivity index (χ1) is 9.83. The van der Waals surface area contributed by atoms with Gasteiger partial charge in [-0.2, -0.15) is 0 Å². The Morgan fingerprint density at radius 3 is 2.80 bits per heavy atom. The molecule has 1 unspecified atom stereocenters. The molecule has 5 heteroatoms. The highest BCUT2D eigenvalue weighted by Gasteiger charge is 2.25. The molecule has 1 aliphatic heterocycles. The molecule has 0 bridgehead atoms. The van der Waals surface area contributed by atoms with Gasteiger partial charge in [0.1, 0.15) is 0 Å². The van der Waals surface area contributed by atoms with Gasteiger partial charge in [-0.25, -0.2) is 4.98 Å². The van der Waals surface area contributed by atoms with E-state index in [9.17, 15) is 4.79 Å². The minimum Gasteiger partial charge on any atom is -0.353 e. The van der Waals surface area contributed by atoms with Gasteiger partial charge in [-0.15, -0.1) is 11.3 Å². The number of nitrogens with one attached hydrogen (secondary N) is 1. The molecule has 1 saturated heterocycles. The van der Waals surface area contributed by atoms with Crippen LogP contribution >= 0.6 is 11.3 Å². The first kappa shape index (κ1) is 13.6. The zero-order chi connectivity index (χ0) is 13.8. The fraction of sp³-hybridized carbons (Fsp3) is 0.600. The highest BCUT2D eigenvalue weighted by atomic mass is 32.1. The van der Waals surface area contributed by atoms with Crippen LogP contribution < -0.4 is 10.2 Å². The van der Waals surface area contributed by atoms with Crippen molar-refractivity contribution in [1.29, 1.82) is 0 Å². The van der Waals surface area contributed by atoms with Crippen molar-refractivity contribution >= 4 is 22.4 Å². The Labute approximate surface area is 123 Å². The van der Waals surface area contributed by atoms with Gasteiger partial charge in [0.2, 0.25) is 5.91 Å². The largest absolute Gasteiger partial charge is 0.353 e. The Morgan fingerprint density at radius 2 is 2.15 bits per heavy atom. The standard InChI is InChI=1S/C15H21N3OS/c19-14(12-4-2-1-3-5-12)17-13-6-9-18(10-7-13)15-16-8-11-20-15/h1-2,8,11-13H,3-7,9-10H2,(H,17,19). The molecule has 1 aromatic rings. The third-order valence-corrected chi connectivity index (χ3v) is 5.00. The molecular formula is C15H21N3OS. The van der Waals surface area contributed by atoms with Crippen molar-refractivity contribution in [2.45, 2.75) is 38.1 Å². The van der Waals surface area contributed by atoms with E-state index < -0.39 is 0 Å². The van der Waals surface area contributed by atoms with Crippen LogP contribution in [-0.2, 0) is 4.79 Å². The number of thiazole rings is 1. The van der Waals surface area contributed by atoms with Crippen LogP contribution in [0.25, 0.3) is 0 Å². The molecule has 1 aromatic heterocycles. The zero-order valence-electron chi connectivity index (χ0n) is 11.6. The van der Waals surface area contributed by atoms with Crippen LogP contribution in [0, 0.1) is 5.92 Å². The Hall–Kier alpha value is -1.36. The van der Waals surface area contributed by atoms with Gasteiger partial charge in [-0.05, 0) is 32.1 Å². The van der Waals surface area contributed by atoms with Crippen LogP contribution in [0.3, 0.4) is 0 Å². The van der Waals surface area contributed by atoms with Crippen LogP contribution in [0.15, 0.2) is 23.7 Å². The summed E-state index contributed by atoms with van der Waals surface area (Å²) in [5.74, 6) is 0.444. The van der Waals surface area contributed by atoms with Crippen molar-refractivity contribution in [3.05, 3.63) is 23.7 Å². The maximum absolute atomic E-state index is 12.2. The summed E-state index contributed by atoms with van der Waals surface area (Å²) in [5, 5.41) is 6.36. The number of rotatable bonds is 3. The normalized spacial score (nSPS) is 23.8. The second-order valence-electron chi connectivity index (χ2n) is 5.57. The van der Waals surface area contributed by atoms with E-state index in [1.807, 2.05) is 11.6 Å². The predicted molar refractivity (Wildman–Crippen MR) is 82.0 cm³/mol. The van der Waals surface area contributed by atoms with Gasteiger partial charge in [-0.3, -0.25) is 4.79 Å². The predicted octanol–water partition coefficient (Wildman–Crippen LogP) is 2.58. The molecule has 20 heavy (non-hydrogen) atoms. The molecule has 0 saturated carbocycles. The molecule has 0 spiro atoms. The summed E-state index contributed by atoms with van der Waals surface area (Å²) in [4.78, 5) is 18.9. The zero-order valence-corrected chi connectivity index (χ0v) is 12.4. The molecule has 1 N–H and O–H groups in total. The Morgan fingerprint density at radius 1 is 1.30 bits per heavy atom. The van der Waals surface area contributed by atoms with E-state index in [-0.39, 0.29) is 11.8 Å². The number of carbonyl (C=O) groups excluding carboxylic acids is 1. The fourth-order valence-corrected chi connectivity index (χ4v) is 3.63. The van der Waals surface area contributed by atoms with Gasteiger partial charge < -0.3 is 10.2 Å². The maximum atomic E-state index is 12.2. The summed E-state index contributed by atoms with van der Waals surface area (Å²) in [6.45, 7) is 1.98. The van der Waals surface area contributed by atoms with Gasteiger partial charge >= 0.3 is 0 Å². The molecule has 3 rings (SSSR count). The number of allylic oxidation sites excluding steroid dienone is 2. The number of aromatic nitrogens is 1. The molecule has 1 amide bonds. The van der Waals surface area contributed by atoms with Gasteiger partial charge in [0.25, 0.3) is 0 Å². The van der Waals surface area contributed by atoms with E-state index in [0.717, 1.165) is 50.3 Å². The van der Waals surface area contributed by atoms with E-state index in [1.165, 1.54) is 0 Å². The monoisotopic (exact) mass is 291 g/mol. The van der Waals surface area contributed by atoms with Gasteiger partial charge in [0, 0.05) is 36.6 Å². The molecular weight excluding hydrogens is 270 g/mol. The van der Waals surface area contributed by atoms with E-state index >= 15 is 0 Å². The minimum atomic E-state index is 0.192. The molecule has 4 nitrogen and oxygen atoms in total. The number of amides is 1. The molecule has 0 radical (unpaired) electrons. The number of carbonyl (C=O) groups is 1. The van der Waals surface area contributed by atoms with Crippen molar-refractivity contribution in [2.75, 3.05) is 18.0 Å². The maximum Gasteiger partial charge on any atom is 0.223 e. The van der Waals surface area contributed by atoms with Crippen molar-refractivity contribution in [3.63, 3.8) is 0 Å². The number of piperidine rings is 1. The lowest BCUT2D eigenvalue weighted by Gasteiger charge is -2.33. The van der Waals surface area contributed by atoms with Crippen LogP contribution in [-0.4, -0.2) is 30.0 Å². The smallest absolute Gasteiger partial charge is 0.223 e. The van der Waals surface area contributed by atoms with E-state index in [1.54, 1.807) is 11.3 Å². The van der Waals surface area contributed by atoms with Crippen molar-refractivity contribution < 1.29 is 4.79 Å². The van der Waals surface area contributed by atoms with Gasteiger partial charge in [-0.1, -0.05) is 12.2 Å². The van der Waals surface area contributed by atoms with Gasteiger partial charge in [0.15, 0.2) is 5.13 Å². The van der Waals surface area contributed by atoms with E-state index in [4.69, 9.17) is 0 Å². The van der Waals surface area contributed by atoms with Crippen molar-refractivity contribution in [1.82, 2.24) is 10.3 Å². The van der Waals surface area contributed by atoms with E-state index in [0.29, 0.717) is 6.04 Å². The lowest BCUT2D eigenvalue weighted by molar-refractivity contribution is -0.126. The van der Waals surface area contributed by atoms with Crippen LogP contribution in [0.2, 0.25) is 0 Å². The number of hydrogen-bond donors (Lipinski definition) is 1. The summed E-state index contributed by atoms with van der Waals surface area (Å²) in [6.07, 6.45) is 11.2. The molecule has 1 atom stereocenters. The molecule has 2 heterocycles. The molecule has 1 fully saturated rings. The molecule has 0 aromatic carbocycles.